The molecule has 2 N–H and O–H groups in total. The predicted octanol–water partition coefficient (Wildman–Crippen LogP) is 6.08. The summed E-state index contributed by atoms with van der Waals surface area (Å²) in [4.78, 5) is 16.6. The first-order valence-electron chi connectivity index (χ1n) is 9.61. The smallest absolute Gasteiger partial charge is 0.416 e. The van der Waals surface area contributed by atoms with Crippen LogP contribution in [-0.4, -0.2) is 18.0 Å². The Morgan fingerprint density at radius 3 is 1.97 bits per heavy atom. The normalized spacial score (nSPS) is 11.8. The highest BCUT2D eigenvalue weighted by Gasteiger charge is 2.36. The molecule has 0 atom stereocenters. The maximum atomic E-state index is 13.4. The van der Waals surface area contributed by atoms with Crippen LogP contribution in [0.1, 0.15) is 27.2 Å². The predicted molar refractivity (Wildman–Crippen MR) is 108 cm³/mol. The summed E-state index contributed by atoms with van der Waals surface area (Å²) < 4.78 is 110. The SMILES string of the molecule is COc1ccc(Nc2cc(F)cc(F)c2)nc1C(=O)NCc1cc(C(F)(F)F)cc(C(F)(F)F)c1. The van der Waals surface area contributed by atoms with Gasteiger partial charge in [0.05, 0.1) is 18.2 Å². The lowest BCUT2D eigenvalue weighted by molar-refractivity contribution is -0.143. The molecule has 0 saturated carbocycles. The molecule has 186 valence electrons. The largest absolute Gasteiger partial charge is 0.494 e. The van der Waals surface area contributed by atoms with Crippen LogP contribution in [-0.2, 0) is 18.9 Å². The van der Waals surface area contributed by atoms with E-state index in [2.05, 4.69) is 15.6 Å². The number of nitrogens with one attached hydrogen (secondary N) is 2. The Bertz CT molecular complexity index is 1190. The first kappa shape index (κ1) is 25.7. The molecule has 1 aromatic heterocycles. The average molecular weight is 505 g/mol. The van der Waals surface area contributed by atoms with Crippen molar-refractivity contribution < 1.29 is 44.7 Å². The van der Waals surface area contributed by atoms with Gasteiger partial charge in [0.1, 0.15) is 23.2 Å². The third-order valence-corrected chi connectivity index (χ3v) is 4.53. The van der Waals surface area contributed by atoms with Crippen LogP contribution in [0.3, 0.4) is 0 Å². The minimum atomic E-state index is -5.04. The fourth-order valence-corrected chi connectivity index (χ4v) is 3.00. The van der Waals surface area contributed by atoms with Crippen molar-refractivity contribution in [2.75, 3.05) is 12.4 Å². The standard InChI is InChI=1S/C22H15F8N3O2/c1-35-17-2-3-18(32-16-8-14(23)7-15(24)9-16)33-19(17)20(34)31-10-11-4-12(21(25,26)27)6-13(5-11)22(28,29)30/h2-9H,10H2,1H3,(H,31,34)(H,32,33). The average Bonchev–Trinajstić information content (AvgIpc) is 2.75. The lowest BCUT2D eigenvalue weighted by Gasteiger charge is -2.15. The van der Waals surface area contributed by atoms with E-state index in [4.69, 9.17) is 4.74 Å². The second-order valence-electron chi connectivity index (χ2n) is 7.13. The molecule has 5 nitrogen and oxygen atoms in total. The van der Waals surface area contributed by atoms with E-state index in [1.54, 1.807) is 0 Å². The summed E-state index contributed by atoms with van der Waals surface area (Å²) in [6.45, 7) is -0.691. The van der Waals surface area contributed by atoms with Gasteiger partial charge < -0.3 is 15.4 Å². The van der Waals surface area contributed by atoms with Crippen molar-refractivity contribution in [1.29, 1.82) is 0 Å². The second-order valence-corrected chi connectivity index (χ2v) is 7.13. The van der Waals surface area contributed by atoms with E-state index < -0.39 is 53.1 Å². The van der Waals surface area contributed by atoms with Crippen molar-refractivity contribution in [3.8, 4) is 5.75 Å². The van der Waals surface area contributed by atoms with Crippen LogP contribution in [0.4, 0.5) is 46.6 Å². The number of hydrogen-bond acceptors (Lipinski definition) is 4. The van der Waals surface area contributed by atoms with E-state index in [9.17, 15) is 39.9 Å². The van der Waals surface area contributed by atoms with Gasteiger partial charge in [0.15, 0.2) is 5.69 Å². The zero-order valence-electron chi connectivity index (χ0n) is 17.6. The van der Waals surface area contributed by atoms with Crippen molar-refractivity contribution in [3.63, 3.8) is 0 Å². The van der Waals surface area contributed by atoms with E-state index in [1.165, 1.54) is 19.2 Å². The van der Waals surface area contributed by atoms with Gasteiger partial charge in [-0.15, -0.1) is 0 Å². The molecule has 1 heterocycles. The number of alkyl halides is 6. The number of anilines is 2. The highest BCUT2D eigenvalue weighted by atomic mass is 19.4. The molecule has 0 fully saturated rings. The second kappa shape index (κ2) is 9.76. The van der Waals surface area contributed by atoms with Crippen LogP contribution in [0.2, 0.25) is 0 Å². The van der Waals surface area contributed by atoms with Gasteiger partial charge in [0, 0.05) is 18.3 Å². The number of halogens is 8. The number of rotatable bonds is 6. The number of carbonyl (C=O) groups excluding carboxylic acids is 1. The molecular formula is C22H15F8N3O2. The van der Waals surface area contributed by atoms with Gasteiger partial charge in [-0.3, -0.25) is 4.79 Å². The Hall–Kier alpha value is -3.90. The first-order valence-corrected chi connectivity index (χ1v) is 9.61. The fraction of sp³-hybridized carbons (Fsp3) is 0.182. The highest BCUT2D eigenvalue weighted by molar-refractivity contribution is 5.95. The van der Waals surface area contributed by atoms with E-state index in [-0.39, 0.29) is 29.0 Å². The van der Waals surface area contributed by atoms with Gasteiger partial charge in [-0.25, -0.2) is 13.8 Å². The minimum Gasteiger partial charge on any atom is -0.494 e. The van der Waals surface area contributed by atoms with Crippen LogP contribution in [0.25, 0.3) is 0 Å². The summed E-state index contributed by atoms with van der Waals surface area (Å²) >= 11 is 0. The number of ether oxygens (including phenoxy) is 1. The molecule has 3 rings (SSSR count). The number of hydrogen-bond donors (Lipinski definition) is 2. The summed E-state index contributed by atoms with van der Waals surface area (Å²) in [5.41, 5.74) is -3.92. The molecule has 0 aliphatic rings. The van der Waals surface area contributed by atoms with Crippen molar-refractivity contribution in [3.05, 3.63) is 82.5 Å². The number of aromatic nitrogens is 1. The molecule has 0 bridgehead atoms. The Balaban J connectivity index is 1.85. The molecule has 0 aliphatic carbocycles. The van der Waals surface area contributed by atoms with E-state index >= 15 is 0 Å². The van der Waals surface area contributed by atoms with Gasteiger partial charge in [0.25, 0.3) is 5.91 Å². The lowest BCUT2D eigenvalue weighted by Crippen LogP contribution is -2.25. The third-order valence-electron chi connectivity index (χ3n) is 4.53. The molecule has 2 aromatic carbocycles. The summed E-state index contributed by atoms with van der Waals surface area (Å²) in [6, 6.07) is 6.10. The number of benzene rings is 2. The summed E-state index contributed by atoms with van der Waals surface area (Å²) in [6.07, 6.45) is -10.1. The number of pyridine rings is 1. The first-order chi connectivity index (χ1) is 16.3. The molecular weight excluding hydrogens is 490 g/mol. The van der Waals surface area contributed by atoms with E-state index in [0.717, 1.165) is 12.1 Å². The van der Waals surface area contributed by atoms with Crippen molar-refractivity contribution in [2.45, 2.75) is 18.9 Å². The van der Waals surface area contributed by atoms with Gasteiger partial charge in [-0.2, -0.15) is 26.3 Å². The Labute approximate surface area is 192 Å². The van der Waals surface area contributed by atoms with Crippen molar-refractivity contribution in [1.82, 2.24) is 10.3 Å². The summed E-state index contributed by atoms with van der Waals surface area (Å²) in [5.74, 6) is -2.85. The summed E-state index contributed by atoms with van der Waals surface area (Å²) in [5, 5.41) is 4.77. The monoisotopic (exact) mass is 505 g/mol. The molecule has 3 aromatic rings. The van der Waals surface area contributed by atoms with Crippen molar-refractivity contribution in [2.24, 2.45) is 0 Å². The highest BCUT2D eigenvalue weighted by Crippen LogP contribution is 2.36. The fourth-order valence-electron chi connectivity index (χ4n) is 3.00. The van der Waals surface area contributed by atoms with Crippen LogP contribution >= 0.6 is 0 Å². The Kier molecular flexibility index (Phi) is 7.17. The maximum Gasteiger partial charge on any atom is 0.416 e. The molecule has 0 unspecified atom stereocenters. The van der Waals surface area contributed by atoms with Crippen molar-refractivity contribution >= 4 is 17.4 Å². The van der Waals surface area contributed by atoms with Gasteiger partial charge in [-0.1, -0.05) is 0 Å². The molecule has 0 aliphatic heterocycles. The van der Waals surface area contributed by atoms with Gasteiger partial charge in [-0.05, 0) is 48.0 Å². The van der Waals surface area contributed by atoms with E-state index in [0.29, 0.717) is 18.2 Å². The van der Waals surface area contributed by atoms with Gasteiger partial charge in [0.2, 0.25) is 0 Å². The van der Waals surface area contributed by atoms with Crippen LogP contribution in [0.15, 0.2) is 48.5 Å². The number of carbonyl (C=O) groups is 1. The molecule has 1 amide bonds. The van der Waals surface area contributed by atoms with Crippen LogP contribution < -0.4 is 15.4 Å². The Morgan fingerprint density at radius 1 is 0.886 bits per heavy atom. The topological polar surface area (TPSA) is 63.2 Å². The minimum absolute atomic E-state index is 0.0275. The molecule has 0 radical (unpaired) electrons. The van der Waals surface area contributed by atoms with Crippen LogP contribution in [0.5, 0.6) is 5.75 Å². The summed E-state index contributed by atoms with van der Waals surface area (Å²) in [7, 11) is 1.20. The van der Waals surface area contributed by atoms with Crippen LogP contribution in [0, 0.1) is 11.6 Å². The molecule has 35 heavy (non-hydrogen) atoms. The Morgan fingerprint density at radius 2 is 1.46 bits per heavy atom. The van der Waals surface area contributed by atoms with E-state index in [1.807, 2.05) is 0 Å². The third kappa shape index (κ3) is 6.58. The lowest BCUT2D eigenvalue weighted by atomic mass is 10.0. The zero-order valence-corrected chi connectivity index (χ0v) is 17.6. The number of methoxy groups -OCH3 is 1. The zero-order chi connectivity index (χ0) is 26.0. The maximum absolute atomic E-state index is 13.4. The molecule has 0 saturated heterocycles. The molecule has 0 spiro atoms. The number of nitrogens with zero attached hydrogens (tertiary/aromatic N) is 1. The molecule has 13 heteroatoms. The number of amides is 1. The quantitative estimate of drug-likeness (QED) is 0.399. The van der Waals surface area contributed by atoms with Gasteiger partial charge >= 0.3 is 12.4 Å².